The van der Waals surface area contributed by atoms with E-state index in [0.717, 1.165) is 32.5 Å². The number of halogens is 1. The van der Waals surface area contributed by atoms with Gasteiger partial charge < -0.3 is 14.2 Å². The Kier molecular flexibility index (Phi) is 13.9. The first-order chi connectivity index (χ1) is 10.1. The molecule has 0 aromatic carbocycles. The lowest BCUT2D eigenvalue weighted by atomic mass is 9.94. The predicted octanol–water partition coefficient (Wildman–Crippen LogP) is 5.36. The zero-order valence-corrected chi connectivity index (χ0v) is 15.2. The Morgan fingerprint density at radius 3 is 2.00 bits per heavy atom. The van der Waals surface area contributed by atoms with E-state index in [9.17, 15) is 0 Å². The number of hydrogen-bond acceptors (Lipinski definition) is 3. The van der Waals surface area contributed by atoms with Gasteiger partial charge in [-0.3, -0.25) is 0 Å². The normalized spacial score (nSPS) is 13.6. The summed E-state index contributed by atoms with van der Waals surface area (Å²) in [4.78, 5) is 0. The number of ether oxygens (including phenoxy) is 3. The van der Waals surface area contributed by atoms with Crippen LogP contribution in [0.1, 0.15) is 71.6 Å². The molecule has 0 aliphatic heterocycles. The van der Waals surface area contributed by atoms with E-state index in [-0.39, 0.29) is 5.92 Å². The molecule has 0 fully saturated rings. The van der Waals surface area contributed by atoms with Crippen molar-refractivity contribution in [1.82, 2.24) is 0 Å². The van der Waals surface area contributed by atoms with Crippen molar-refractivity contribution >= 4 is 11.6 Å². The summed E-state index contributed by atoms with van der Waals surface area (Å²) >= 11 is 6.46. The second-order valence-corrected chi connectivity index (χ2v) is 6.11. The van der Waals surface area contributed by atoms with Gasteiger partial charge in [-0.2, -0.15) is 0 Å². The monoisotopic (exact) mass is 322 g/mol. The van der Waals surface area contributed by atoms with Crippen molar-refractivity contribution < 1.29 is 14.2 Å². The molecule has 0 spiro atoms. The number of methoxy groups -OCH3 is 2. The minimum absolute atomic E-state index is 0.209. The maximum Gasteiger partial charge on any atom is 0.250 e. The predicted molar refractivity (Wildman–Crippen MR) is 89.8 cm³/mol. The molecule has 0 heterocycles. The van der Waals surface area contributed by atoms with Crippen LogP contribution in [-0.2, 0) is 14.2 Å². The van der Waals surface area contributed by atoms with Gasteiger partial charge in [0.15, 0.2) is 0 Å². The third-order valence-electron chi connectivity index (χ3n) is 4.00. The van der Waals surface area contributed by atoms with Gasteiger partial charge in [-0.25, -0.2) is 0 Å². The highest BCUT2D eigenvalue weighted by Crippen LogP contribution is 2.34. The summed E-state index contributed by atoms with van der Waals surface area (Å²) in [6, 6.07) is 0. The van der Waals surface area contributed by atoms with Crippen LogP contribution in [0.5, 0.6) is 0 Å². The molecule has 0 aliphatic carbocycles. The molecule has 0 saturated heterocycles. The summed E-state index contributed by atoms with van der Waals surface area (Å²) < 4.78 is 16.2. The third-order valence-corrected chi connectivity index (χ3v) is 4.61. The Labute approximate surface area is 136 Å². The summed E-state index contributed by atoms with van der Waals surface area (Å²) in [5.74, 6) is 0.209. The quantitative estimate of drug-likeness (QED) is 0.231. The van der Waals surface area contributed by atoms with Crippen molar-refractivity contribution in [2.45, 2.75) is 76.9 Å². The number of alkyl halides is 1. The van der Waals surface area contributed by atoms with Crippen LogP contribution < -0.4 is 0 Å². The van der Waals surface area contributed by atoms with Gasteiger partial charge in [-0.1, -0.05) is 57.0 Å². The lowest BCUT2D eigenvalue weighted by Crippen LogP contribution is -2.36. The molecule has 1 atom stereocenters. The van der Waals surface area contributed by atoms with Crippen LogP contribution >= 0.6 is 11.6 Å². The van der Waals surface area contributed by atoms with E-state index in [4.69, 9.17) is 25.8 Å². The average Bonchev–Trinajstić information content (AvgIpc) is 2.51. The summed E-state index contributed by atoms with van der Waals surface area (Å²) in [6.07, 6.45) is 10.7. The van der Waals surface area contributed by atoms with Crippen LogP contribution in [0, 0.1) is 5.92 Å². The summed E-state index contributed by atoms with van der Waals surface area (Å²) in [5.41, 5.74) is 0. The van der Waals surface area contributed by atoms with Crippen LogP contribution in [0.3, 0.4) is 0 Å². The third kappa shape index (κ3) is 9.72. The molecule has 0 radical (unpaired) electrons. The lowest BCUT2D eigenvalue weighted by Gasteiger charge is -2.32. The molecule has 0 rings (SSSR count). The highest BCUT2D eigenvalue weighted by atomic mass is 35.5. The molecule has 4 heteroatoms. The number of rotatable bonds is 15. The molecule has 21 heavy (non-hydrogen) atoms. The lowest BCUT2D eigenvalue weighted by molar-refractivity contribution is -0.179. The van der Waals surface area contributed by atoms with Crippen molar-refractivity contribution in [3.63, 3.8) is 0 Å². The van der Waals surface area contributed by atoms with Crippen LogP contribution in [-0.4, -0.2) is 32.7 Å². The Hall–Kier alpha value is 0.170. The van der Waals surface area contributed by atoms with Gasteiger partial charge in [0.25, 0.3) is 5.25 Å². The Bertz CT molecular complexity index is 220. The van der Waals surface area contributed by atoms with Gasteiger partial charge in [0.1, 0.15) is 0 Å². The highest BCUT2D eigenvalue weighted by molar-refractivity contribution is 6.22. The van der Waals surface area contributed by atoms with Gasteiger partial charge in [-0.05, 0) is 26.2 Å². The zero-order chi connectivity index (χ0) is 16.0. The fourth-order valence-corrected chi connectivity index (χ4v) is 2.87. The largest absolute Gasteiger partial charge is 0.382 e. The molecule has 3 nitrogen and oxygen atoms in total. The maximum absolute atomic E-state index is 6.46. The first-order valence-corrected chi connectivity index (χ1v) is 8.89. The molecule has 0 N–H and O–H groups in total. The van der Waals surface area contributed by atoms with Gasteiger partial charge in [0.05, 0.1) is 0 Å². The van der Waals surface area contributed by atoms with E-state index < -0.39 is 5.25 Å². The van der Waals surface area contributed by atoms with Gasteiger partial charge in [0.2, 0.25) is 0 Å². The van der Waals surface area contributed by atoms with Gasteiger partial charge in [0, 0.05) is 33.4 Å². The molecule has 0 aliphatic rings. The van der Waals surface area contributed by atoms with E-state index in [2.05, 4.69) is 6.92 Å². The number of unbranched alkanes of at least 4 members (excludes halogenated alkanes) is 5. The second-order valence-electron chi connectivity index (χ2n) is 5.58. The van der Waals surface area contributed by atoms with Crippen molar-refractivity contribution in [1.29, 1.82) is 0 Å². The van der Waals surface area contributed by atoms with Crippen molar-refractivity contribution in [2.24, 2.45) is 5.92 Å². The summed E-state index contributed by atoms with van der Waals surface area (Å²) in [5, 5.41) is -0.990. The molecule has 0 aromatic rings. The fourth-order valence-electron chi connectivity index (χ4n) is 2.65. The van der Waals surface area contributed by atoms with Crippen molar-refractivity contribution in [2.75, 3.05) is 27.4 Å². The molecular weight excluding hydrogens is 288 g/mol. The standard InChI is InChI=1S/C17H35ClO3/c1-5-7-8-9-10-11-13-16(14-12-15-21-6-2)17(18,19-3)20-4/h16H,5-15H2,1-4H3. The molecular formula is C17H35ClO3. The second kappa shape index (κ2) is 13.8. The summed E-state index contributed by atoms with van der Waals surface area (Å²) in [6.45, 7) is 5.81. The first kappa shape index (κ1) is 21.2. The molecule has 128 valence electrons. The van der Waals surface area contributed by atoms with Gasteiger partial charge >= 0.3 is 0 Å². The van der Waals surface area contributed by atoms with Crippen LogP contribution in [0.2, 0.25) is 0 Å². The first-order valence-electron chi connectivity index (χ1n) is 8.51. The van der Waals surface area contributed by atoms with Gasteiger partial charge in [-0.15, -0.1) is 0 Å². The molecule has 0 amide bonds. The van der Waals surface area contributed by atoms with E-state index in [1.807, 2.05) is 6.92 Å². The van der Waals surface area contributed by atoms with E-state index in [1.165, 1.54) is 38.5 Å². The fraction of sp³-hybridized carbons (Fsp3) is 1.00. The summed E-state index contributed by atoms with van der Waals surface area (Å²) in [7, 11) is 3.24. The van der Waals surface area contributed by atoms with E-state index in [0.29, 0.717) is 0 Å². The zero-order valence-electron chi connectivity index (χ0n) is 14.5. The van der Waals surface area contributed by atoms with Crippen molar-refractivity contribution in [3.05, 3.63) is 0 Å². The van der Waals surface area contributed by atoms with E-state index >= 15 is 0 Å². The molecule has 1 unspecified atom stereocenters. The highest BCUT2D eigenvalue weighted by Gasteiger charge is 2.36. The van der Waals surface area contributed by atoms with Crippen LogP contribution in [0.25, 0.3) is 0 Å². The Balaban J connectivity index is 4.12. The van der Waals surface area contributed by atoms with Crippen LogP contribution in [0.15, 0.2) is 0 Å². The van der Waals surface area contributed by atoms with E-state index in [1.54, 1.807) is 14.2 Å². The number of hydrogen-bond donors (Lipinski definition) is 0. The topological polar surface area (TPSA) is 27.7 Å². The minimum atomic E-state index is -0.990. The molecule has 0 aromatic heterocycles. The minimum Gasteiger partial charge on any atom is -0.382 e. The maximum atomic E-state index is 6.46. The average molecular weight is 323 g/mol. The Morgan fingerprint density at radius 2 is 1.43 bits per heavy atom. The SMILES string of the molecule is CCCCCCCCC(CCCOCC)C(Cl)(OC)OC. The Morgan fingerprint density at radius 1 is 0.857 bits per heavy atom. The van der Waals surface area contributed by atoms with Crippen molar-refractivity contribution in [3.8, 4) is 0 Å². The smallest absolute Gasteiger partial charge is 0.250 e. The molecule has 0 bridgehead atoms. The molecule has 0 saturated carbocycles. The van der Waals surface area contributed by atoms with Crippen LogP contribution in [0.4, 0.5) is 0 Å².